The highest BCUT2D eigenvalue weighted by Gasteiger charge is 2.28. The molecule has 1 amide bonds. The molecule has 1 N–H and O–H groups in total. The summed E-state index contributed by atoms with van der Waals surface area (Å²) in [6.45, 7) is 4.87. The highest BCUT2D eigenvalue weighted by atomic mass is 32.1. The Hall–Kier alpha value is -2.44. The summed E-state index contributed by atoms with van der Waals surface area (Å²) in [4.78, 5) is 31.0. The molecule has 1 saturated carbocycles. The monoisotopic (exact) mass is 494 g/mol. The van der Waals surface area contributed by atoms with Crippen molar-refractivity contribution in [2.24, 2.45) is 17.8 Å². The Morgan fingerprint density at radius 2 is 1.89 bits per heavy atom. The third-order valence-electron chi connectivity index (χ3n) is 7.48. The normalized spacial score (nSPS) is 23.4. The number of carbonyl (C=O) groups excluding carboxylic acids is 1. The van der Waals surface area contributed by atoms with E-state index in [1.165, 1.54) is 37.0 Å². The summed E-state index contributed by atoms with van der Waals surface area (Å²) in [5.74, 6) is 0.705. The van der Waals surface area contributed by atoms with E-state index in [0.29, 0.717) is 30.5 Å². The topological polar surface area (TPSA) is 60.9 Å². The third-order valence-corrected chi connectivity index (χ3v) is 8.64. The van der Waals surface area contributed by atoms with Crippen molar-refractivity contribution >= 4 is 28.9 Å². The molecule has 1 atom stereocenters. The van der Waals surface area contributed by atoms with Crippen molar-refractivity contribution in [1.29, 1.82) is 0 Å². The first-order valence-electron chi connectivity index (χ1n) is 13.0. The van der Waals surface area contributed by atoms with Crippen LogP contribution in [0.1, 0.15) is 61.5 Å². The molecule has 1 aromatic carbocycles. The standard InChI is InChI=1S/C29H38N2O3S/c1-21-13-15-22(16-14-21)8-6-12-27(32)31(20-23-9-7-17-30(2)19-23)25-18-26(35-28(25)29(33)34)24-10-4-3-5-11-24/h3-6,8,10-11,18,21-23H,7,9,12-17,19-20H2,1-2H3,(H,33,34). The molecule has 1 aliphatic carbocycles. The smallest absolute Gasteiger partial charge is 0.348 e. The second-order valence-corrected chi connectivity index (χ2v) is 11.5. The number of carboxylic acid groups (broad SMARTS) is 1. The fraction of sp³-hybridized carbons (Fsp3) is 0.517. The van der Waals surface area contributed by atoms with Gasteiger partial charge in [-0.1, -0.05) is 62.2 Å². The molecular weight excluding hydrogens is 456 g/mol. The van der Waals surface area contributed by atoms with Gasteiger partial charge in [-0.25, -0.2) is 4.79 Å². The summed E-state index contributed by atoms with van der Waals surface area (Å²) >= 11 is 1.25. The van der Waals surface area contributed by atoms with Gasteiger partial charge in [-0.3, -0.25) is 4.79 Å². The fourth-order valence-electron chi connectivity index (χ4n) is 5.44. The fourth-order valence-corrected chi connectivity index (χ4v) is 6.45. The first kappa shape index (κ1) is 25.6. The van der Waals surface area contributed by atoms with Gasteiger partial charge in [0, 0.05) is 24.4 Å². The van der Waals surface area contributed by atoms with E-state index in [-0.39, 0.29) is 10.8 Å². The van der Waals surface area contributed by atoms with Gasteiger partial charge in [0.25, 0.3) is 0 Å². The minimum atomic E-state index is -0.974. The van der Waals surface area contributed by atoms with E-state index >= 15 is 0 Å². The second kappa shape index (κ2) is 12.0. The van der Waals surface area contributed by atoms with Crippen molar-refractivity contribution in [1.82, 2.24) is 4.90 Å². The van der Waals surface area contributed by atoms with Gasteiger partial charge in [-0.2, -0.15) is 0 Å². The molecule has 1 aliphatic heterocycles. The number of thiophene rings is 1. The number of hydrogen-bond donors (Lipinski definition) is 1. The van der Waals surface area contributed by atoms with Crippen molar-refractivity contribution in [2.45, 2.75) is 51.9 Å². The number of hydrogen-bond acceptors (Lipinski definition) is 4. The van der Waals surface area contributed by atoms with E-state index in [2.05, 4.69) is 24.9 Å². The molecule has 2 aromatic rings. The molecule has 2 fully saturated rings. The highest BCUT2D eigenvalue weighted by Crippen LogP contribution is 2.38. The molecular formula is C29H38N2O3S. The zero-order valence-electron chi connectivity index (χ0n) is 21.0. The van der Waals surface area contributed by atoms with Crippen LogP contribution in [0.4, 0.5) is 5.69 Å². The largest absolute Gasteiger partial charge is 0.477 e. The maximum Gasteiger partial charge on any atom is 0.348 e. The molecule has 4 rings (SSSR count). The van der Waals surface area contributed by atoms with Gasteiger partial charge in [0.1, 0.15) is 4.88 Å². The van der Waals surface area contributed by atoms with Crippen LogP contribution in [0.5, 0.6) is 0 Å². The number of likely N-dealkylation sites (tertiary alicyclic amines) is 1. The van der Waals surface area contributed by atoms with Gasteiger partial charge in [-0.15, -0.1) is 11.3 Å². The van der Waals surface area contributed by atoms with Crippen LogP contribution in [0.25, 0.3) is 10.4 Å². The van der Waals surface area contributed by atoms with Crippen molar-refractivity contribution in [2.75, 3.05) is 31.6 Å². The third kappa shape index (κ3) is 6.83. The molecule has 0 bridgehead atoms. The van der Waals surface area contributed by atoms with Crippen LogP contribution in [-0.4, -0.2) is 48.6 Å². The maximum absolute atomic E-state index is 13.6. The van der Waals surface area contributed by atoms with Crippen molar-refractivity contribution < 1.29 is 14.7 Å². The number of amides is 1. The van der Waals surface area contributed by atoms with Crippen molar-refractivity contribution in [3.05, 3.63) is 53.4 Å². The van der Waals surface area contributed by atoms with E-state index in [0.717, 1.165) is 42.3 Å². The van der Waals surface area contributed by atoms with Crippen LogP contribution >= 0.6 is 11.3 Å². The van der Waals surface area contributed by atoms with E-state index in [9.17, 15) is 14.7 Å². The number of anilines is 1. The molecule has 0 spiro atoms. The summed E-state index contributed by atoms with van der Waals surface area (Å²) in [6, 6.07) is 11.7. The van der Waals surface area contributed by atoms with Gasteiger partial charge < -0.3 is 14.9 Å². The Balaban J connectivity index is 1.58. The van der Waals surface area contributed by atoms with Crippen LogP contribution in [0.3, 0.4) is 0 Å². The van der Waals surface area contributed by atoms with E-state index in [4.69, 9.17) is 0 Å². The molecule has 6 heteroatoms. The number of carboxylic acids is 1. The summed E-state index contributed by atoms with van der Waals surface area (Å²) in [6.07, 6.45) is 11.6. The molecule has 0 radical (unpaired) electrons. The van der Waals surface area contributed by atoms with Crippen LogP contribution < -0.4 is 4.90 Å². The van der Waals surface area contributed by atoms with Crippen LogP contribution in [-0.2, 0) is 4.79 Å². The molecule has 5 nitrogen and oxygen atoms in total. The number of allylic oxidation sites excluding steroid dienone is 1. The second-order valence-electron chi connectivity index (χ2n) is 10.4. The lowest BCUT2D eigenvalue weighted by Gasteiger charge is -2.33. The van der Waals surface area contributed by atoms with Gasteiger partial charge in [-0.05, 0) is 68.7 Å². The van der Waals surface area contributed by atoms with E-state index in [1.54, 1.807) is 4.90 Å². The number of nitrogens with zero attached hydrogens (tertiary/aromatic N) is 2. The first-order valence-corrected chi connectivity index (χ1v) is 13.8. The first-order chi connectivity index (χ1) is 16.9. The SMILES string of the molecule is CC1CCC(C=CCC(=O)N(CC2CCCN(C)C2)c2cc(-c3ccccc3)sc2C(=O)O)CC1. The Morgan fingerprint density at radius 3 is 2.57 bits per heavy atom. The summed E-state index contributed by atoms with van der Waals surface area (Å²) in [7, 11) is 2.12. The number of carbonyl (C=O) groups is 2. The lowest BCUT2D eigenvalue weighted by atomic mass is 9.83. The quantitative estimate of drug-likeness (QED) is 0.422. The zero-order chi connectivity index (χ0) is 24.8. The molecule has 1 saturated heterocycles. The average Bonchev–Trinajstić information content (AvgIpc) is 3.30. The van der Waals surface area contributed by atoms with Gasteiger partial charge in [0.15, 0.2) is 0 Å². The maximum atomic E-state index is 13.6. The summed E-state index contributed by atoms with van der Waals surface area (Å²) in [5, 5.41) is 10.0. The zero-order valence-corrected chi connectivity index (χ0v) is 21.8. The Kier molecular flexibility index (Phi) is 8.79. The Bertz CT molecular complexity index is 1020. The highest BCUT2D eigenvalue weighted by molar-refractivity contribution is 7.18. The average molecular weight is 495 g/mol. The van der Waals surface area contributed by atoms with Crippen LogP contribution in [0.15, 0.2) is 48.6 Å². The predicted molar refractivity (Wildman–Crippen MR) is 144 cm³/mol. The van der Waals surface area contributed by atoms with Gasteiger partial charge >= 0.3 is 5.97 Å². The predicted octanol–water partition coefficient (Wildman–Crippen LogP) is 6.56. The summed E-state index contributed by atoms with van der Waals surface area (Å²) in [5.41, 5.74) is 1.52. The minimum absolute atomic E-state index is 0.0152. The van der Waals surface area contributed by atoms with Gasteiger partial charge in [0.2, 0.25) is 5.91 Å². The van der Waals surface area contributed by atoms with Crippen LogP contribution in [0, 0.1) is 17.8 Å². The number of benzene rings is 1. The molecule has 1 unspecified atom stereocenters. The number of rotatable bonds is 8. The van der Waals surface area contributed by atoms with E-state index < -0.39 is 5.97 Å². The van der Waals surface area contributed by atoms with Gasteiger partial charge in [0.05, 0.1) is 5.69 Å². The summed E-state index contributed by atoms with van der Waals surface area (Å²) < 4.78 is 0. The molecule has 2 heterocycles. The Labute approximate surface area is 213 Å². The molecule has 1 aromatic heterocycles. The molecule has 188 valence electrons. The van der Waals surface area contributed by atoms with Crippen molar-refractivity contribution in [3.63, 3.8) is 0 Å². The number of aromatic carboxylic acids is 1. The number of piperidine rings is 1. The molecule has 2 aliphatic rings. The van der Waals surface area contributed by atoms with Crippen molar-refractivity contribution in [3.8, 4) is 10.4 Å². The minimum Gasteiger partial charge on any atom is -0.477 e. The lowest BCUT2D eigenvalue weighted by molar-refractivity contribution is -0.118. The Morgan fingerprint density at radius 1 is 1.14 bits per heavy atom. The molecule has 35 heavy (non-hydrogen) atoms. The van der Waals surface area contributed by atoms with E-state index in [1.807, 2.05) is 42.5 Å². The lowest BCUT2D eigenvalue weighted by Crippen LogP contribution is -2.42. The van der Waals surface area contributed by atoms with Crippen LogP contribution in [0.2, 0.25) is 0 Å².